The molecule has 13 rings (SSSR count). The number of hydrogen-bond acceptors (Lipinski definition) is 2. The number of hydrogen-bond donors (Lipinski definition) is 0. The third kappa shape index (κ3) is 7.11. The largest absolute Gasteiger partial charge is 0.489 e. The molecule has 0 aliphatic heterocycles. The number of benzene rings is 5. The summed E-state index contributed by atoms with van der Waals surface area (Å²) in [6.07, 6.45) is 8.31. The first kappa shape index (κ1) is 28.9. The van der Waals surface area contributed by atoms with Gasteiger partial charge in [0.15, 0.2) is 0 Å². The fourth-order valence-corrected chi connectivity index (χ4v) is 6.83. The van der Waals surface area contributed by atoms with Crippen LogP contribution >= 0.6 is 15.9 Å². The molecule has 8 aliphatic rings. The first-order valence-corrected chi connectivity index (χ1v) is 17.1. The van der Waals surface area contributed by atoms with E-state index in [-0.39, 0.29) is 0 Å². The standard InChI is InChI=1S/C41H39BrO2/c42-26-35-23-40(43-27-38-21-33-11-9-29-1-5-31(6-2-29)13-17-36(38)19-15-33)25-41(24-35)44-28-39-22-34-12-10-30-3-7-32(8-4-30)14-18-37(39)20-16-34/h1-8,15-16,19-25H,9-14,17-18,26-28H2. The van der Waals surface area contributed by atoms with Crippen molar-refractivity contribution in [2.45, 2.75) is 69.9 Å². The lowest BCUT2D eigenvalue weighted by molar-refractivity contribution is 0.288. The zero-order chi connectivity index (χ0) is 29.7. The van der Waals surface area contributed by atoms with E-state index < -0.39 is 0 Å². The number of rotatable bonds is 7. The van der Waals surface area contributed by atoms with E-state index in [0.717, 1.165) is 73.8 Å². The van der Waals surface area contributed by atoms with Crippen molar-refractivity contribution in [3.8, 4) is 11.5 Å². The predicted molar refractivity (Wildman–Crippen MR) is 183 cm³/mol. The van der Waals surface area contributed by atoms with Gasteiger partial charge >= 0.3 is 0 Å². The zero-order valence-corrected chi connectivity index (χ0v) is 26.9. The van der Waals surface area contributed by atoms with Crippen molar-refractivity contribution in [3.63, 3.8) is 0 Å². The molecule has 222 valence electrons. The maximum absolute atomic E-state index is 6.50. The normalized spacial score (nSPS) is 14.0. The van der Waals surface area contributed by atoms with Crippen LogP contribution < -0.4 is 9.47 Å². The Morgan fingerprint density at radius 1 is 0.409 bits per heavy atom. The van der Waals surface area contributed by atoms with Crippen LogP contribution in [0.2, 0.25) is 0 Å². The van der Waals surface area contributed by atoms with Crippen LogP contribution in [-0.2, 0) is 69.9 Å². The summed E-state index contributed by atoms with van der Waals surface area (Å²) in [5.74, 6) is 1.70. The molecule has 0 spiro atoms. The quantitative estimate of drug-likeness (QED) is 0.165. The van der Waals surface area contributed by atoms with E-state index in [1.807, 2.05) is 0 Å². The molecule has 0 saturated carbocycles. The molecule has 0 aromatic heterocycles. The van der Waals surface area contributed by atoms with E-state index in [4.69, 9.17) is 9.47 Å². The van der Waals surface area contributed by atoms with Gasteiger partial charge in [0, 0.05) is 11.4 Å². The predicted octanol–water partition coefficient (Wildman–Crippen LogP) is 9.51. The number of aryl methyl sites for hydroxylation is 8. The van der Waals surface area contributed by atoms with Gasteiger partial charge in [-0.3, -0.25) is 0 Å². The van der Waals surface area contributed by atoms with Gasteiger partial charge in [0.25, 0.3) is 0 Å². The smallest absolute Gasteiger partial charge is 0.123 e. The van der Waals surface area contributed by atoms with Crippen LogP contribution in [-0.4, -0.2) is 0 Å². The van der Waals surface area contributed by atoms with Crippen molar-refractivity contribution >= 4 is 15.9 Å². The highest BCUT2D eigenvalue weighted by molar-refractivity contribution is 9.08. The maximum Gasteiger partial charge on any atom is 0.123 e. The molecule has 0 amide bonds. The van der Waals surface area contributed by atoms with Crippen molar-refractivity contribution in [2.24, 2.45) is 0 Å². The molecule has 8 aliphatic carbocycles. The molecule has 5 aromatic carbocycles. The third-order valence-corrected chi connectivity index (χ3v) is 9.89. The van der Waals surface area contributed by atoms with Gasteiger partial charge in [-0.2, -0.15) is 0 Å². The van der Waals surface area contributed by atoms with Crippen molar-refractivity contribution in [1.82, 2.24) is 0 Å². The van der Waals surface area contributed by atoms with Gasteiger partial charge in [-0.15, -0.1) is 0 Å². The van der Waals surface area contributed by atoms with Gasteiger partial charge in [0.1, 0.15) is 24.7 Å². The zero-order valence-electron chi connectivity index (χ0n) is 25.3. The Hall–Kier alpha value is -3.82. The molecule has 0 radical (unpaired) electrons. The lowest BCUT2D eigenvalue weighted by Crippen LogP contribution is -2.06. The lowest BCUT2D eigenvalue weighted by Gasteiger charge is -2.17. The fraction of sp³-hybridized carbons (Fsp3) is 0.268. The molecule has 3 heteroatoms. The summed E-state index contributed by atoms with van der Waals surface area (Å²) < 4.78 is 13.0. The summed E-state index contributed by atoms with van der Waals surface area (Å²) in [6, 6.07) is 38.6. The summed E-state index contributed by atoms with van der Waals surface area (Å²) in [5, 5.41) is 0.749. The second-order valence-electron chi connectivity index (χ2n) is 12.4. The topological polar surface area (TPSA) is 18.5 Å². The van der Waals surface area contributed by atoms with E-state index in [0.29, 0.717) is 13.2 Å². The van der Waals surface area contributed by atoms with Crippen LogP contribution in [0.15, 0.2) is 103 Å². The van der Waals surface area contributed by atoms with E-state index >= 15 is 0 Å². The van der Waals surface area contributed by atoms with Crippen LogP contribution in [0.4, 0.5) is 0 Å². The Kier molecular flexibility index (Phi) is 8.84. The van der Waals surface area contributed by atoms with E-state index in [1.54, 1.807) is 0 Å². The highest BCUT2D eigenvalue weighted by Gasteiger charge is 2.12. The monoisotopic (exact) mass is 642 g/mol. The van der Waals surface area contributed by atoms with Gasteiger partial charge in [0.2, 0.25) is 0 Å². The van der Waals surface area contributed by atoms with E-state index in [9.17, 15) is 0 Å². The number of halogens is 1. The van der Waals surface area contributed by atoms with Gasteiger partial charge in [-0.25, -0.2) is 0 Å². The SMILES string of the molecule is BrCc1cc(OCc2cc3ccc2CCc2ccc(cc2)CC3)cc(OCc2cc3ccc2CCc2ccc(cc2)CC3)c1. The summed E-state index contributed by atoms with van der Waals surface area (Å²) in [7, 11) is 0. The van der Waals surface area contributed by atoms with Gasteiger partial charge in [-0.05, 0) is 125 Å². The van der Waals surface area contributed by atoms with Crippen LogP contribution in [0.25, 0.3) is 0 Å². The van der Waals surface area contributed by atoms with Gasteiger partial charge in [-0.1, -0.05) is 101 Å². The molecule has 0 unspecified atom stereocenters. The first-order valence-electron chi connectivity index (χ1n) is 16.0. The molecule has 2 nitrogen and oxygen atoms in total. The summed E-state index contributed by atoms with van der Waals surface area (Å²) in [5.41, 5.74) is 14.8. The second-order valence-corrected chi connectivity index (χ2v) is 12.9. The lowest BCUT2D eigenvalue weighted by atomic mass is 9.93. The van der Waals surface area contributed by atoms with Crippen LogP contribution in [0, 0.1) is 0 Å². The Labute approximate surface area is 270 Å². The average Bonchev–Trinajstić information content (AvgIpc) is 3.05. The van der Waals surface area contributed by atoms with Crippen LogP contribution in [0.5, 0.6) is 11.5 Å². The van der Waals surface area contributed by atoms with Crippen molar-refractivity contribution in [2.75, 3.05) is 0 Å². The maximum atomic E-state index is 6.50. The van der Waals surface area contributed by atoms with Gasteiger partial charge in [0.05, 0.1) is 0 Å². The summed E-state index contributed by atoms with van der Waals surface area (Å²) in [4.78, 5) is 0. The Morgan fingerprint density at radius 2 is 0.773 bits per heavy atom. The van der Waals surface area contributed by atoms with Crippen molar-refractivity contribution in [1.29, 1.82) is 0 Å². The van der Waals surface area contributed by atoms with E-state index in [2.05, 4.69) is 119 Å². The minimum atomic E-state index is 0.554. The molecule has 8 bridgehead atoms. The highest BCUT2D eigenvalue weighted by Crippen LogP contribution is 2.28. The molecule has 5 aromatic rings. The second kappa shape index (κ2) is 13.4. The molecule has 0 N–H and O–H groups in total. The van der Waals surface area contributed by atoms with Crippen molar-refractivity contribution < 1.29 is 9.47 Å². The average molecular weight is 644 g/mol. The van der Waals surface area contributed by atoms with Crippen molar-refractivity contribution in [3.05, 3.63) is 164 Å². The molecule has 44 heavy (non-hydrogen) atoms. The fourth-order valence-electron chi connectivity index (χ4n) is 6.50. The molecule has 0 atom stereocenters. The minimum absolute atomic E-state index is 0.554. The van der Waals surface area contributed by atoms with Crippen LogP contribution in [0.3, 0.4) is 0 Å². The highest BCUT2D eigenvalue weighted by atomic mass is 79.9. The molecule has 0 heterocycles. The minimum Gasteiger partial charge on any atom is -0.489 e. The van der Waals surface area contributed by atoms with Gasteiger partial charge < -0.3 is 9.47 Å². The number of alkyl halides is 1. The summed E-state index contributed by atoms with van der Waals surface area (Å²) in [6.45, 7) is 1.11. The molecular formula is C41H39BrO2. The van der Waals surface area contributed by atoms with Crippen LogP contribution in [0.1, 0.15) is 61.2 Å². The first-order chi connectivity index (χ1) is 21.7. The molecule has 0 fully saturated rings. The number of ether oxygens (including phenoxy) is 2. The molecular weight excluding hydrogens is 604 g/mol. The molecule has 0 saturated heterocycles. The summed E-state index contributed by atoms with van der Waals surface area (Å²) >= 11 is 3.67. The third-order valence-electron chi connectivity index (χ3n) is 9.24. The van der Waals surface area contributed by atoms with E-state index in [1.165, 1.54) is 55.6 Å². The Balaban J connectivity index is 1.07. The Bertz CT molecular complexity index is 1610. The Morgan fingerprint density at radius 3 is 1.18 bits per heavy atom.